The van der Waals surface area contributed by atoms with Gasteiger partial charge in [-0.25, -0.2) is 8.78 Å². The molecule has 0 aliphatic rings. The molecule has 0 heterocycles. The number of rotatable bonds is 4. The first kappa shape index (κ1) is 13.5. The van der Waals surface area contributed by atoms with E-state index in [1.807, 2.05) is 19.1 Å². The van der Waals surface area contributed by atoms with E-state index in [4.69, 9.17) is 10.5 Å². The Labute approximate surface area is 110 Å². The molecule has 2 aromatic carbocycles. The number of aryl methyl sites for hydroxylation is 1. The van der Waals surface area contributed by atoms with E-state index in [0.29, 0.717) is 12.3 Å². The summed E-state index contributed by atoms with van der Waals surface area (Å²) in [6.07, 6.45) is 0.803. The second kappa shape index (κ2) is 5.80. The Bertz CT molecular complexity index is 584. The summed E-state index contributed by atoms with van der Waals surface area (Å²) in [6.45, 7) is 2.55. The molecule has 100 valence electrons. The Balaban J connectivity index is 2.19. The molecule has 0 atom stereocenters. The Morgan fingerprint density at radius 3 is 2.32 bits per heavy atom. The summed E-state index contributed by atoms with van der Waals surface area (Å²) in [5, 5.41) is 0. The smallest absolute Gasteiger partial charge is 0.162 e. The van der Waals surface area contributed by atoms with Gasteiger partial charge in [0.25, 0.3) is 0 Å². The lowest BCUT2D eigenvalue weighted by Gasteiger charge is -2.09. The molecule has 0 aromatic heterocycles. The number of halogens is 2. The van der Waals surface area contributed by atoms with Gasteiger partial charge in [0.1, 0.15) is 11.5 Å². The molecule has 0 aliphatic carbocycles. The van der Waals surface area contributed by atoms with Crippen LogP contribution in [0.3, 0.4) is 0 Å². The van der Waals surface area contributed by atoms with Crippen molar-refractivity contribution >= 4 is 0 Å². The molecule has 2 nitrogen and oxygen atoms in total. The van der Waals surface area contributed by atoms with Crippen LogP contribution in [0.15, 0.2) is 36.4 Å². The Morgan fingerprint density at radius 1 is 1.00 bits per heavy atom. The third kappa shape index (κ3) is 3.29. The fraction of sp³-hybridized carbons (Fsp3) is 0.200. The van der Waals surface area contributed by atoms with Crippen molar-refractivity contribution in [2.75, 3.05) is 6.54 Å². The number of benzene rings is 2. The Kier molecular flexibility index (Phi) is 4.12. The highest BCUT2D eigenvalue weighted by Gasteiger charge is 2.05. The molecule has 2 N–H and O–H groups in total. The fourth-order valence-electron chi connectivity index (χ4n) is 1.84. The zero-order valence-electron chi connectivity index (χ0n) is 10.6. The first-order chi connectivity index (χ1) is 9.10. The van der Waals surface area contributed by atoms with Gasteiger partial charge in [-0.1, -0.05) is 6.07 Å². The first-order valence-corrected chi connectivity index (χ1v) is 6.02. The molecule has 2 aromatic rings. The minimum Gasteiger partial charge on any atom is -0.457 e. The minimum atomic E-state index is -0.922. The van der Waals surface area contributed by atoms with Gasteiger partial charge in [-0.05, 0) is 55.3 Å². The lowest BCUT2D eigenvalue weighted by molar-refractivity contribution is 0.461. The third-order valence-corrected chi connectivity index (χ3v) is 2.85. The van der Waals surface area contributed by atoms with E-state index in [-0.39, 0.29) is 5.75 Å². The van der Waals surface area contributed by atoms with Crippen LogP contribution < -0.4 is 10.5 Å². The van der Waals surface area contributed by atoms with Gasteiger partial charge < -0.3 is 10.5 Å². The van der Waals surface area contributed by atoms with Gasteiger partial charge >= 0.3 is 0 Å². The minimum absolute atomic E-state index is 0.268. The van der Waals surface area contributed by atoms with Gasteiger partial charge in [0.2, 0.25) is 0 Å². The molecule has 0 saturated heterocycles. The van der Waals surface area contributed by atoms with Crippen molar-refractivity contribution in [1.82, 2.24) is 0 Å². The second-order valence-electron chi connectivity index (χ2n) is 4.30. The van der Waals surface area contributed by atoms with E-state index in [2.05, 4.69) is 0 Å². The Hall–Kier alpha value is -1.94. The summed E-state index contributed by atoms with van der Waals surface area (Å²) < 4.78 is 31.3. The van der Waals surface area contributed by atoms with Gasteiger partial charge in [0.05, 0.1) is 0 Å². The van der Waals surface area contributed by atoms with E-state index < -0.39 is 11.6 Å². The SMILES string of the molecule is Cc1cc(Oc2ccc(F)c(F)c2)ccc1CCN. The highest BCUT2D eigenvalue weighted by molar-refractivity contribution is 5.38. The van der Waals surface area contributed by atoms with Crippen LogP contribution in [0.5, 0.6) is 11.5 Å². The van der Waals surface area contributed by atoms with Crippen LogP contribution in [0.1, 0.15) is 11.1 Å². The van der Waals surface area contributed by atoms with Crippen molar-refractivity contribution in [2.45, 2.75) is 13.3 Å². The lowest BCUT2D eigenvalue weighted by atomic mass is 10.1. The van der Waals surface area contributed by atoms with Gasteiger partial charge in [0, 0.05) is 6.07 Å². The monoisotopic (exact) mass is 263 g/mol. The highest BCUT2D eigenvalue weighted by Crippen LogP contribution is 2.25. The van der Waals surface area contributed by atoms with Crippen LogP contribution >= 0.6 is 0 Å². The maximum absolute atomic E-state index is 13.1. The molecule has 0 saturated carbocycles. The largest absolute Gasteiger partial charge is 0.457 e. The van der Waals surface area contributed by atoms with E-state index in [0.717, 1.165) is 29.7 Å². The molecule has 0 amide bonds. The lowest BCUT2D eigenvalue weighted by Crippen LogP contribution is -2.04. The summed E-state index contributed by atoms with van der Waals surface area (Å²) in [7, 11) is 0. The molecule has 0 radical (unpaired) electrons. The van der Waals surface area contributed by atoms with E-state index in [1.54, 1.807) is 6.07 Å². The second-order valence-corrected chi connectivity index (χ2v) is 4.30. The molecule has 0 bridgehead atoms. The first-order valence-electron chi connectivity index (χ1n) is 6.02. The third-order valence-electron chi connectivity index (χ3n) is 2.85. The van der Waals surface area contributed by atoms with Crippen molar-refractivity contribution in [3.8, 4) is 11.5 Å². The van der Waals surface area contributed by atoms with Gasteiger partial charge in [0.15, 0.2) is 11.6 Å². The van der Waals surface area contributed by atoms with Crippen LogP contribution in [-0.4, -0.2) is 6.54 Å². The average molecular weight is 263 g/mol. The van der Waals surface area contributed by atoms with Crippen LogP contribution in [0, 0.1) is 18.6 Å². The van der Waals surface area contributed by atoms with Crippen molar-refractivity contribution in [2.24, 2.45) is 5.73 Å². The number of hydrogen-bond acceptors (Lipinski definition) is 2. The van der Waals surface area contributed by atoms with Crippen LogP contribution in [0.25, 0.3) is 0 Å². The molecular formula is C15H15F2NO. The molecule has 0 spiro atoms. The van der Waals surface area contributed by atoms with Crippen molar-refractivity contribution < 1.29 is 13.5 Å². The summed E-state index contributed by atoms with van der Waals surface area (Å²) in [5.41, 5.74) is 7.73. The van der Waals surface area contributed by atoms with Crippen LogP contribution in [-0.2, 0) is 6.42 Å². The van der Waals surface area contributed by atoms with Crippen molar-refractivity contribution in [3.63, 3.8) is 0 Å². The predicted molar refractivity (Wildman–Crippen MR) is 70.4 cm³/mol. The molecule has 19 heavy (non-hydrogen) atoms. The summed E-state index contributed by atoms with van der Waals surface area (Å²) >= 11 is 0. The van der Waals surface area contributed by atoms with Gasteiger partial charge in [-0.2, -0.15) is 0 Å². The fourth-order valence-corrected chi connectivity index (χ4v) is 1.84. The van der Waals surface area contributed by atoms with Crippen LogP contribution in [0.2, 0.25) is 0 Å². The van der Waals surface area contributed by atoms with Gasteiger partial charge in [-0.3, -0.25) is 0 Å². The topological polar surface area (TPSA) is 35.2 Å². The quantitative estimate of drug-likeness (QED) is 0.915. The van der Waals surface area contributed by atoms with E-state index >= 15 is 0 Å². The molecular weight excluding hydrogens is 248 g/mol. The molecule has 0 fully saturated rings. The summed E-state index contributed by atoms with van der Waals surface area (Å²) in [4.78, 5) is 0. The van der Waals surface area contributed by atoms with E-state index in [1.165, 1.54) is 6.07 Å². The highest BCUT2D eigenvalue weighted by atomic mass is 19.2. The van der Waals surface area contributed by atoms with Crippen LogP contribution in [0.4, 0.5) is 8.78 Å². The number of nitrogens with two attached hydrogens (primary N) is 1. The zero-order chi connectivity index (χ0) is 13.8. The maximum atomic E-state index is 13.1. The van der Waals surface area contributed by atoms with E-state index in [9.17, 15) is 8.78 Å². The standard InChI is InChI=1S/C15H15F2NO/c1-10-8-12(3-2-11(10)6-7-18)19-13-4-5-14(16)15(17)9-13/h2-5,8-9H,6-7,18H2,1H3. The molecule has 4 heteroatoms. The average Bonchev–Trinajstić information content (AvgIpc) is 2.37. The molecule has 0 unspecified atom stereocenters. The van der Waals surface area contributed by atoms with Crippen molar-refractivity contribution in [1.29, 1.82) is 0 Å². The zero-order valence-corrected chi connectivity index (χ0v) is 10.6. The van der Waals surface area contributed by atoms with Crippen molar-refractivity contribution in [3.05, 3.63) is 59.2 Å². The summed E-state index contributed by atoms with van der Waals surface area (Å²) in [6, 6.07) is 9.03. The normalized spacial score (nSPS) is 10.5. The number of ether oxygens (including phenoxy) is 1. The van der Waals surface area contributed by atoms with Gasteiger partial charge in [-0.15, -0.1) is 0 Å². The molecule has 0 aliphatic heterocycles. The maximum Gasteiger partial charge on any atom is 0.162 e. The molecule has 2 rings (SSSR count). The number of hydrogen-bond donors (Lipinski definition) is 1. The predicted octanol–water partition coefficient (Wildman–Crippen LogP) is 3.57. The summed E-state index contributed by atoms with van der Waals surface area (Å²) in [5.74, 6) is -0.954. The Morgan fingerprint density at radius 2 is 1.68 bits per heavy atom.